The molecule has 0 spiro atoms. The van der Waals surface area contributed by atoms with Crippen molar-refractivity contribution in [2.45, 2.75) is 39.2 Å². The van der Waals surface area contributed by atoms with Gasteiger partial charge in [-0.2, -0.15) is 0 Å². The van der Waals surface area contributed by atoms with Crippen LogP contribution in [0.25, 0.3) is 0 Å². The number of nitrogens with two attached hydrogens (primary N) is 1. The van der Waals surface area contributed by atoms with E-state index < -0.39 is 11.9 Å². The van der Waals surface area contributed by atoms with Gasteiger partial charge in [-0.3, -0.25) is 9.59 Å². The molecule has 5 N–H and O–H groups in total. The zero-order valence-corrected chi connectivity index (χ0v) is 12.6. The molecule has 0 rings (SSSR count). The van der Waals surface area contributed by atoms with E-state index in [4.69, 9.17) is 15.6 Å². The van der Waals surface area contributed by atoms with Crippen LogP contribution >= 0.6 is 0 Å². The first-order valence-corrected chi connectivity index (χ1v) is 6.96. The van der Waals surface area contributed by atoms with Gasteiger partial charge in [-0.15, -0.1) is 0 Å². The normalized spacial score (nSPS) is 13.2. The van der Waals surface area contributed by atoms with Gasteiger partial charge in [0.2, 0.25) is 5.91 Å². The maximum absolute atomic E-state index is 11.5. The highest BCUT2D eigenvalue weighted by Crippen LogP contribution is 2.09. The van der Waals surface area contributed by atoms with Crippen molar-refractivity contribution in [2.24, 2.45) is 11.7 Å². The van der Waals surface area contributed by atoms with Crippen molar-refractivity contribution in [1.29, 1.82) is 0 Å². The number of carbonyl (C=O) groups excluding carboxylic acids is 2. The molecule has 2 atom stereocenters. The topological polar surface area (TPSA) is 131 Å². The van der Waals surface area contributed by atoms with Crippen molar-refractivity contribution in [3.05, 3.63) is 0 Å². The molecule has 21 heavy (non-hydrogen) atoms. The van der Waals surface area contributed by atoms with Crippen LogP contribution in [0.1, 0.15) is 33.1 Å². The van der Waals surface area contributed by atoms with Crippen molar-refractivity contribution < 1.29 is 24.2 Å². The number of aliphatic carboxylic acids is 1. The Labute approximate surface area is 124 Å². The van der Waals surface area contributed by atoms with E-state index in [-0.39, 0.29) is 37.7 Å². The lowest BCUT2D eigenvalue weighted by Crippen LogP contribution is -2.42. The molecule has 0 saturated heterocycles. The molecule has 0 aliphatic carbocycles. The van der Waals surface area contributed by atoms with Gasteiger partial charge < -0.3 is 26.2 Å². The highest BCUT2D eigenvalue weighted by Gasteiger charge is 2.12. The van der Waals surface area contributed by atoms with Gasteiger partial charge in [-0.25, -0.2) is 4.79 Å². The number of rotatable bonds is 11. The minimum atomic E-state index is -0.802. The zero-order chi connectivity index (χ0) is 16.3. The number of carboxylic acids is 1. The summed E-state index contributed by atoms with van der Waals surface area (Å²) in [6.07, 6.45) is 2.03. The van der Waals surface area contributed by atoms with Crippen molar-refractivity contribution in [1.82, 2.24) is 10.6 Å². The number of hydrogen-bond acceptors (Lipinski definition) is 4. The number of primary amides is 1. The molecule has 0 saturated carbocycles. The number of nitrogens with one attached hydrogen (secondary N) is 2. The maximum Gasteiger partial charge on any atom is 0.315 e. The highest BCUT2D eigenvalue weighted by atomic mass is 16.5. The first-order valence-electron chi connectivity index (χ1n) is 6.96. The van der Waals surface area contributed by atoms with Crippen LogP contribution in [-0.2, 0) is 14.3 Å². The molecule has 0 aromatic rings. The quantitative estimate of drug-likeness (QED) is 0.401. The van der Waals surface area contributed by atoms with Crippen LogP contribution in [0, 0.1) is 5.92 Å². The summed E-state index contributed by atoms with van der Waals surface area (Å²) in [4.78, 5) is 32.5. The van der Waals surface area contributed by atoms with Gasteiger partial charge in [0.1, 0.15) is 6.61 Å². The van der Waals surface area contributed by atoms with Gasteiger partial charge in [0.25, 0.3) is 0 Å². The molecule has 0 radical (unpaired) electrons. The molecule has 0 aromatic carbocycles. The van der Waals surface area contributed by atoms with Crippen molar-refractivity contribution in [2.75, 3.05) is 19.8 Å². The predicted molar refractivity (Wildman–Crippen MR) is 76.7 cm³/mol. The fourth-order valence-corrected chi connectivity index (χ4v) is 1.61. The largest absolute Gasteiger partial charge is 0.481 e. The second-order valence-electron chi connectivity index (χ2n) is 4.99. The minimum absolute atomic E-state index is 0.0440. The summed E-state index contributed by atoms with van der Waals surface area (Å²) in [5.41, 5.74) is 4.89. The Morgan fingerprint density at radius 2 is 1.90 bits per heavy atom. The molecule has 0 bridgehead atoms. The fraction of sp³-hybridized carbons (Fsp3) is 0.769. The first-order chi connectivity index (χ1) is 9.82. The van der Waals surface area contributed by atoms with Crippen molar-refractivity contribution in [3.63, 3.8) is 0 Å². The SMILES string of the molecule is CC(CCCC(C)C(=O)O)NC(=O)NCCOCC(N)=O. The smallest absolute Gasteiger partial charge is 0.315 e. The summed E-state index contributed by atoms with van der Waals surface area (Å²) in [5.74, 6) is -1.72. The van der Waals surface area contributed by atoms with E-state index in [1.165, 1.54) is 0 Å². The van der Waals surface area contributed by atoms with E-state index >= 15 is 0 Å². The molecule has 2 unspecified atom stereocenters. The van der Waals surface area contributed by atoms with Crippen LogP contribution < -0.4 is 16.4 Å². The van der Waals surface area contributed by atoms with Gasteiger partial charge >= 0.3 is 12.0 Å². The minimum Gasteiger partial charge on any atom is -0.481 e. The number of carboxylic acid groups (broad SMARTS) is 1. The van der Waals surface area contributed by atoms with E-state index in [1.807, 2.05) is 6.92 Å². The molecule has 0 aromatic heterocycles. The molecule has 0 aliphatic rings. The Morgan fingerprint density at radius 3 is 2.48 bits per heavy atom. The number of hydrogen-bond donors (Lipinski definition) is 4. The van der Waals surface area contributed by atoms with E-state index in [1.54, 1.807) is 6.92 Å². The Morgan fingerprint density at radius 1 is 1.24 bits per heavy atom. The monoisotopic (exact) mass is 303 g/mol. The second-order valence-corrected chi connectivity index (χ2v) is 4.99. The Hall–Kier alpha value is -1.83. The molecular weight excluding hydrogens is 278 g/mol. The van der Waals surface area contributed by atoms with Crippen molar-refractivity contribution in [3.8, 4) is 0 Å². The average molecular weight is 303 g/mol. The number of ether oxygens (including phenoxy) is 1. The zero-order valence-electron chi connectivity index (χ0n) is 12.6. The highest BCUT2D eigenvalue weighted by molar-refractivity contribution is 5.75. The molecular formula is C13H25N3O5. The summed E-state index contributed by atoms with van der Waals surface area (Å²) in [7, 11) is 0. The summed E-state index contributed by atoms with van der Waals surface area (Å²) in [5, 5.41) is 14.1. The standard InChI is InChI=1S/C13H25N3O5/c1-9(12(18)19)4-3-5-10(2)16-13(20)15-6-7-21-8-11(14)17/h9-10H,3-8H2,1-2H3,(H2,14,17)(H,18,19)(H2,15,16,20). The molecule has 0 heterocycles. The molecule has 8 heteroatoms. The molecule has 3 amide bonds. The van der Waals surface area contributed by atoms with E-state index in [2.05, 4.69) is 10.6 Å². The summed E-state index contributed by atoms with van der Waals surface area (Å²) >= 11 is 0. The lowest BCUT2D eigenvalue weighted by atomic mass is 10.0. The maximum atomic E-state index is 11.5. The predicted octanol–water partition coefficient (Wildman–Crippen LogP) is 0.0670. The molecule has 0 aliphatic heterocycles. The third-order valence-corrected chi connectivity index (χ3v) is 2.85. The lowest BCUT2D eigenvalue weighted by Gasteiger charge is -2.15. The Balaban J connectivity index is 3.61. The van der Waals surface area contributed by atoms with Gasteiger partial charge in [0.15, 0.2) is 0 Å². The van der Waals surface area contributed by atoms with Crippen molar-refractivity contribution >= 4 is 17.9 Å². The third kappa shape index (κ3) is 11.7. The van der Waals surface area contributed by atoms with Crippen LogP contribution in [0.15, 0.2) is 0 Å². The summed E-state index contributed by atoms with van der Waals surface area (Å²) in [6, 6.07) is -0.367. The average Bonchev–Trinajstić information content (AvgIpc) is 2.37. The van der Waals surface area contributed by atoms with Gasteiger partial charge in [-0.1, -0.05) is 13.3 Å². The van der Waals surface area contributed by atoms with E-state index in [0.717, 1.165) is 6.42 Å². The molecule has 8 nitrogen and oxygen atoms in total. The summed E-state index contributed by atoms with van der Waals surface area (Å²) in [6.45, 7) is 3.85. The number of urea groups is 1. The fourth-order valence-electron chi connectivity index (χ4n) is 1.61. The Bertz CT molecular complexity index is 349. The summed E-state index contributed by atoms with van der Waals surface area (Å²) < 4.78 is 4.89. The van der Waals surface area contributed by atoms with Gasteiger partial charge in [0.05, 0.1) is 12.5 Å². The Kier molecular flexibility index (Phi) is 9.95. The van der Waals surface area contributed by atoms with Crippen LogP contribution in [0.5, 0.6) is 0 Å². The van der Waals surface area contributed by atoms with Gasteiger partial charge in [-0.05, 0) is 19.8 Å². The third-order valence-electron chi connectivity index (χ3n) is 2.85. The number of amides is 3. The lowest BCUT2D eigenvalue weighted by molar-refractivity contribution is -0.141. The van der Waals surface area contributed by atoms with Gasteiger partial charge in [0, 0.05) is 12.6 Å². The van der Waals surface area contributed by atoms with Crippen LogP contribution in [0.4, 0.5) is 4.79 Å². The van der Waals surface area contributed by atoms with Crippen LogP contribution in [0.2, 0.25) is 0 Å². The van der Waals surface area contributed by atoms with E-state index in [0.29, 0.717) is 12.8 Å². The van der Waals surface area contributed by atoms with E-state index in [9.17, 15) is 14.4 Å². The first kappa shape index (κ1) is 19.2. The number of carbonyl (C=O) groups is 3. The molecule has 122 valence electrons. The van der Waals surface area contributed by atoms with Crippen LogP contribution in [0.3, 0.4) is 0 Å². The molecule has 0 fully saturated rings. The second kappa shape index (κ2) is 10.9. The van der Waals surface area contributed by atoms with Crippen LogP contribution in [-0.4, -0.2) is 48.8 Å².